The highest BCUT2D eigenvalue weighted by atomic mass is 32.1. The molecule has 31 heavy (non-hydrogen) atoms. The van der Waals surface area contributed by atoms with Gasteiger partial charge in [-0.15, -0.1) is 10.2 Å². The zero-order valence-corrected chi connectivity index (χ0v) is 18.5. The quantitative estimate of drug-likeness (QED) is 0.461. The molecular weight excluding hydrogens is 429 g/mol. The molecule has 170 valence electrons. The van der Waals surface area contributed by atoms with Crippen molar-refractivity contribution in [2.45, 2.75) is 58.5 Å². The SMILES string of the molecule is CCCCCC(=O)N(CCC)CCC(=O)Nc1nnc(-c2ccc(C(F)(F)F)cc2)s1. The standard InChI is InChI=1S/C21H27F3N4O2S/c1-3-5-6-7-18(30)28(13-4-2)14-12-17(29)25-20-27-26-19(31-20)15-8-10-16(11-9-15)21(22,23)24/h8-11H,3-7,12-14H2,1-2H3,(H,25,27,29). The number of aromatic nitrogens is 2. The first kappa shape index (κ1) is 24.8. The van der Waals surface area contributed by atoms with Crippen LogP contribution in [0.15, 0.2) is 24.3 Å². The van der Waals surface area contributed by atoms with Crippen molar-refractivity contribution in [2.75, 3.05) is 18.4 Å². The van der Waals surface area contributed by atoms with Crippen molar-refractivity contribution in [1.82, 2.24) is 15.1 Å². The lowest BCUT2D eigenvalue weighted by atomic mass is 10.1. The van der Waals surface area contributed by atoms with Gasteiger partial charge in [0, 0.05) is 31.5 Å². The number of nitrogens with one attached hydrogen (secondary N) is 1. The summed E-state index contributed by atoms with van der Waals surface area (Å²) in [4.78, 5) is 26.3. The van der Waals surface area contributed by atoms with E-state index in [1.807, 2.05) is 6.92 Å². The second-order valence-electron chi connectivity index (χ2n) is 7.12. The fourth-order valence-corrected chi connectivity index (χ4v) is 3.69. The number of carbonyl (C=O) groups is 2. The van der Waals surface area contributed by atoms with Gasteiger partial charge in [0.1, 0.15) is 5.01 Å². The highest BCUT2D eigenvalue weighted by molar-refractivity contribution is 7.18. The monoisotopic (exact) mass is 456 g/mol. The van der Waals surface area contributed by atoms with Crippen LogP contribution in [0, 0.1) is 0 Å². The molecule has 0 radical (unpaired) electrons. The van der Waals surface area contributed by atoms with E-state index in [2.05, 4.69) is 22.4 Å². The van der Waals surface area contributed by atoms with Crippen LogP contribution >= 0.6 is 11.3 Å². The van der Waals surface area contributed by atoms with Crippen molar-refractivity contribution in [3.8, 4) is 10.6 Å². The second-order valence-corrected chi connectivity index (χ2v) is 8.10. The fourth-order valence-electron chi connectivity index (χ4n) is 2.93. The van der Waals surface area contributed by atoms with E-state index in [0.29, 0.717) is 30.1 Å². The number of benzene rings is 1. The molecule has 1 heterocycles. The molecule has 1 N–H and O–H groups in total. The maximum Gasteiger partial charge on any atom is 0.416 e. The average molecular weight is 457 g/mol. The van der Waals surface area contributed by atoms with Gasteiger partial charge in [-0.25, -0.2) is 0 Å². The number of rotatable bonds is 11. The van der Waals surface area contributed by atoms with Crippen molar-refractivity contribution in [1.29, 1.82) is 0 Å². The maximum atomic E-state index is 12.7. The van der Waals surface area contributed by atoms with Crippen molar-refractivity contribution < 1.29 is 22.8 Å². The summed E-state index contributed by atoms with van der Waals surface area (Å²) in [5.74, 6) is -0.235. The molecule has 6 nitrogen and oxygen atoms in total. The third kappa shape index (κ3) is 7.93. The minimum absolute atomic E-state index is 0.0589. The topological polar surface area (TPSA) is 75.2 Å². The maximum absolute atomic E-state index is 12.7. The number of unbranched alkanes of at least 4 members (excludes halogenated alkanes) is 2. The first-order valence-electron chi connectivity index (χ1n) is 10.3. The Kier molecular flexibility index (Phi) is 9.42. The molecule has 0 spiro atoms. The summed E-state index contributed by atoms with van der Waals surface area (Å²) in [7, 11) is 0. The summed E-state index contributed by atoms with van der Waals surface area (Å²) < 4.78 is 38.0. The predicted octanol–water partition coefficient (Wildman–Crippen LogP) is 5.37. The molecule has 2 aromatic rings. The molecule has 10 heteroatoms. The molecule has 0 saturated heterocycles. The summed E-state index contributed by atoms with van der Waals surface area (Å²) in [5, 5.41) is 11.1. The van der Waals surface area contributed by atoms with E-state index in [-0.39, 0.29) is 23.4 Å². The minimum Gasteiger partial charge on any atom is -0.342 e. The van der Waals surface area contributed by atoms with E-state index >= 15 is 0 Å². The smallest absolute Gasteiger partial charge is 0.342 e. The van der Waals surface area contributed by atoms with E-state index in [1.54, 1.807) is 4.90 Å². The first-order chi connectivity index (χ1) is 14.7. The van der Waals surface area contributed by atoms with Gasteiger partial charge < -0.3 is 10.2 Å². The van der Waals surface area contributed by atoms with Gasteiger partial charge in [0.2, 0.25) is 16.9 Å². The Morgan fingerprint density at radius 1 is 1.00 bits per heavy atom. The number of halogens is 3. The molecule has 2 rings (SSSR count). The third-order valence-corrected chi connectivity index (χ3v) is 5.47. The Hall–Kier alpha value is -2.49. The van der Waals surface area contributed by atoms with Gasteiger partial charge in [-0.3, -0.25) is 9.59 Å². The molecule has 2 amide bonds. The van der Waals surface area contributed by atoms with Gasteiger partial charge >= 0.3 is 6.18 Å². The molecule has 0 aliphatic rings. The summed E-state index contributed by atoms with van der Waals surface area (Å²) >= 11 is 1.08. The largest absolute Gasteiger partial charge is 0.416 e. The van der Waals surface area contributed by atoms with Gasteiger partial charge in [-0.2, -0.15) is 13.2 Å². The highest BCUT2D eigenvalue weighted by Gasteiger charge is 2.30. The fraction of sp³-hybridized carbons (Fsp3) is 0.524. The summed E-state index contributed by atoms with van der Waals surface area (Å²) in [6.45, 7) is 5.00. The Morgan fingerprint density at radius 3 is 2.32 bits per heavy atom. The minimum atomic E-state index is -4.40. The summed E-state index contributed by atoms with van der Waals surface area (Å²) in [6.07, 6.45) is -0.0730. The average Bonchev–Trinajstić information content (AvgIpc) is 3.19. The number of carbonyl (C=O) groups excluding carboxylic acids is 2. The number of alkyl halides is 3. The van der Waals surface area contributed by atoms with Gasteiger partial charge in [0.15, 0.2) is 0 Å². The number of hydrogen-bond donors (Lipinski definition) is 1. The summed E-state index contributed by atoms with van der Waals surface area (Å²) in [6, 6.07) is 4.60. The van der Waals surface area contributed by atoms with Gasteiger partial charge in [0.25, 0.3) is 0 Å². The molecule has 0 bridgehead atoms. The van der Waals surface area contributed by atoms with Crippen LogP contribution in [0.4, 0.5) is 18.3 Å². The Bertz CT molecular complexity index is 853. The lowest BCUT2D eigenvalue weighted by molar-refractivity contribution is -0.137. The van der Waals surface area contributed by atoms with E-state index in [0.717, 1.165) is 49.2 Å². The first-order valence-corrected chi connectivity index (χ1v) is 11.1. The van der Waals surface area contributed by atoms with Gasteiger partial charge in [-0.1, -0.05) is 50.2 Å². The molecule has 0 aliphatic carbocycles. The molecule has 0 fully saturated rings. The van der Waals surface area contributed by atoms with Crippen LogP contribution in [0.1, 0.15) is 57.9 Å². The van der Waals surface area contributed by atoms with Gasteiger partial charge in [0.05, 0.1) is 5.56 Å². The highest BCUT2D eigenvalue weighted by Crippen LogP contribution is 2.32. The number of anilines is 1. The van der Waals surface area contributed by atoms with Crippen LogP contribution in [-0.2, 0) is 15.8 Å². The van der Waals surface area contributed by atoms with Crippen LogP contribution in [0.5, 0.6) is 0 Å². The molecule has 1 aromatic carbocycles. The van der Waals surface area contributed by atoms with Crippen LogP contribution in [0.3, 0.4) is 0 Å². The third-order valence-electron chi connectivity index (χ3n) is 4.58. The van der Waals surface area contributed by atoms with E-state index in [1.165, 1.54) is 12.1 Å². The van der Waals surface area contributed by atoms with E-state index in [9.17, 15) is 22.8 Å². The molecule has 0 aliphatic heterocycles. The van der Waals surface area contributed by atoms with Crippen LogP contribution in [-0.4, -0.2) is 40.0 Å². The second kappa shape index (κ2) is 11.8. The van der Waals surface area contributed by atoms with Crippen LogP contribution in [0.25, 0.3) is 10.6 Å². The molecule has 0 saturated carbocycles. The zero-order valence-electron chi connectivity index (χ0n) is 17.7. The predicted molar refractivity (Wildman–Crippen MR) is 115 cm³/mol. The molecule has 1 aromatic heterocycles. The molecule has 0 unspecified atom stereocenters. The molecule has 0 atom stereocenters. The van der Waals surface area contributed by atoms with Crippen molar-refractivity contribution in [3.63, 3.8) is 0 Å². The Morgan fingerprint density at radius 2 is 1.71 bits per heavy atom. The van der Waals surface area contributed by atoms with Crippen LogP contribution < -0.4 is 5.32 Å². The number of hydrogen-bond acceptors (Lipinski definition) is 5. The zero-order chi connectivity index (χ0) is 22.9. The van der Waals surface area contributed by atoms with Crippen molar-refractivity contribution >= 4 is 28.3 Å². The number of nitrogens with zero attached hydrogens (tertiary/aromatic N) is 3. The van der Waals surface area contributed by atoms with Crippen molar-refractivity contribution in [2.24, 2.45) is 0 Å². The van der Waals surface area contributed by atoms with E-state index < -0.39 is 11.7 Å². The van der Waals surface area contributed by atoms with Crippen LogP contribution in [0.2, 0.25) is 0 Å². The lowest BCUT2D eigenvalue weighted by Crippen LogP contribution is -2.34. The molecular formula is C21H27F3N4O2S. The van der Waals surface area contributed by atoms with E-state index in [4.69, 9.17) is 0 Å². The summed E-state index contributed by atoms with van der Waals surface area (Å²) in [5.41, 5.74) is -0.257. The van der Waals surface area contributed by atoms with Crippen molar-refractivity contribution in [3.05, 3.63) is 29.8 Å². The Labute approximate surface area is 183 Å². The normalized spacial score (nSPS) is 11.4. The lowest BCUT2D eigenvalue weighted by Gasteiger charge is -2.21. The Balaban J connectivity index is 1.89. The van der Waals surface area contributed by atoms with Gasteiger partial charge in [-0.05, 0) is 25.0 Å². The number of amides is 2.